The Morgan fingerprint density at radius 3 is 2.87 bits per heavy atom. The number of para-hydroxylation sites is 1. The van der Waals surface area contributed by atoms with E-state index in [1.807, 2.05) is 0 Å². The first kappa shape index (κ1) is 10.3. The van der Waals surface area contributed by atoms with Crippen LogP contribution in [0.1, 0.15) is 0 Å². The molecule has 0 bridgehead atoms. The first-order chi connectivity index (χ1) is 7.07. The van der Waals surface area contributed by atoms with Crippen LogP contribution in [-0.4, -0.2) is 33.5 Å². The highest BCUT2D eigenvalue weighted by molar-refractivity contribution is 7.89. The lowest BCUT2D eigenvalue weighted by molar-refractivity contribution is 0.411. The number of nitrogens with zero attached hydrogens (tertiary/aromatic N) is 1. The third-order valence-corrected chi connectivity index (χ3v) is 4.22. The summed E-state index contributed by atoms with van der Waals surface area (Å²) in [5.74, 6) is 0.546. The predicted molar refractivity (Wildman–Crippen MR) is 56.4 cm³/mol. The molecule has 5 nitrogen and oxygen atoms in total. The van der Waals surface area contributed by atoms with E-state index in [9.17, 15) is 8.42 Å². The lowest BCUT2D eigenvalue weighted by Gasteiger charge is -2.27. The van der Waals surface area contributed by atoms with Gasteiger partial charge < -0.3 is 10.1 Å². The van der Waals surface area contributed by atoms with Crippen LogP contribution in [0.2, 0.25) is 0 Å². The fourth-order valence-electron chi connectivity index (χ4n) is 1.51. The van der Waals surface area contributed by atoms with E-state index in [-0.39, 0.29) is 11.6 Å². The molecule has 0 spiro atoms. The normalized spacial score (nSPS) is 19.1. The van der Waals surface area contributed by atoms with E-state index in [4.69, 9.17) is 4.74 Å². The number of benzene rings is 1. The van der Waals surface area contributed by atoms with E-state index in [1.165, 1.54) is 18.5 Å². The molecule has 1 aromatic rings. The summed E-state index contributed by atoms with van der Waals surface area (Å²) in [5.41, 5.74) is 0.540. The Labute approximate surface area is 88.7 Å². The number of sulfonamides is 1. The Bertz CT molecular complexity index is 484. The molecule has 1 heterocycles. The van der Waals surface area contributed by atoms with Crippen molar-refractivity contribution < 1.29 is 13.2 Å². The molecule has 0 aliphatic carbocycles. The Morgan fingerprint density at radius 1 is 1.47 bits per heavy atom. The minimum atomic E-state index is -3.36. The van der Waals surface area contributed by atoms with Gasteiger partial charge in [0.2, 0.25) is 10.0 Å². The fraction of sp³-hybridized carbons (Fsp3) is 0.333. The second kappa shape index (κ2) is 3.39. The third kappa shape index (κ3) is 1.46. The van der Waals surface area contributed by atoms with Crippen molar-refractivity contribution >= 4 is 15.7 Å². The van der Waals surface area contributed by atoms with E-state index in [1.54, 1.807) is 18.2 Å². The molecule has 0 radical (unpaired) electrons. The molecule has 1 N–H and O–H groups in total. The molecule has 0 aromatic heterocycles. The summed E-state index contributed by atoms with van der Waals surface area (Å²) in [5, 5.41) is 3.01. The number of ether oxygens (including phenoxy) is 1. The minimum absolute atomic E-state index is 0.260. The maximum Gasteiger partial charge on any atom is 0.246 e. The topological polar surface area (TPSA) is 58.6 Å². The van der Waals surface area contributed by atoms with Crippen LogP contribution in [0.5, 0.6) is 5.75 Å². The summed E-state index contributed by atoms with van der Waals surface area (Å²) in [6.07, 6.45) is 0. The van der Waals surface area contributed by atoms with Crippen LogP contribution in [0.25, 0.3) is 0 Å². The van der Waals surface area contributed by atoms with Crippen LogP contribution in [0.3, 0.4) is 0 Å². The van der Waals surface area contributed by atoms with E-state index in [0.29, 0.717) is 11.4 Å². The number of hydrogen-bond donors (Lipinski definition) is 1. The largest absolute Gasteiger partial charge is 0.495 e. The van der Waals surface area contributed by atoms with Crippen molar-refractivity contribution in [3.8, 4) is 5.75 Å². The number of fused-ring (bicyclic) bond motifs is 1. The van der Waals surface area contributed by atoms with Crippen molar-refractivity contribution in [2.75, 3.05) is 26.1 Å². The highest BCUT2D eigenvalue weighted by atomic mass is 32.2. The molecule has 1 aliphatic heterocycles. The van der Waals surface area contributed by atoms with Gasteiger partial charge in [0.05, 0.1) is 19.5 Å². The van der Waals surface area contributed by atoms with Gasteiger partial charge >= 0.3 is 0 Å². The minimum Gasteiger partial charge on any atom is -0.495 e. The smallest absolute Gasteiger partial charge is 0.246 e. The average molecular weight is 228 g/mol. The van der Waals surface area contributed by atoms with Gasteiger partial charge in [-0.2, -0.15) is 4.31 Å². The molecule has 0 unspecified atom stereocenters. The maximum absolute atomic E-state index is 11.9. The Balaban J connectivity index is 2.67. The molecule has 15 heavy (non-hydrogen) atoms. The molecule has 0 atom stereocenters. The predicted octanol–water partition coefficient (Wildman–Crippen LogP) is 0.699. The van der Waals surface area contributed by atoms with Crippen LogP contribution < -0.4 is 10.1 Å². The number of hydrogen-bond acceptors (Lipinski definition) is 4. The maximum atomic E-state index is 11.9. The number of nitrogens with one attached hydrogen (secondary N) is 1. The van der Waals surface area contributed by atoms with Crippen molar-refractivity contribution in [1.82, 2.24) is 4.31 Å². The van der Waals surface area contributed by atoms with Gasteiger partial charge in [-0.3, -0.25) is 0 Å². The van der Waals surface area contributed by atoms with Crippen LogP contribution >= 0.6 is 0 Å². The molecule has 0 amide bonds. The summed E-state index contributed by atoms with van der Waals surface area (Å²) in [4.78, 5) is 0.260. The molecular formula is C9H12N2O3S. The molecule has 0 saturated carbocycles. The standard InChI is InChI=1S/C9H12N2O3S/c1-11-6-10-9-7(14-2)4-3-5-8(9)15(11,12)13/h3-5,10H,6H2,1-2H3. The first-order valence-corrected chi connectivity index (χ1v) is 5.88. The van der Waals surface area contributed by atoms with Crippen molar-refractivity contribution in [3.05, 3.63) is 18.2 Å². The van der Waals surface area contributed by atoms with E-state index in [0.717, 1.165) is 0 Å². The monoisotopic (exact) mass is 228 g/mol. The molecule has 82 valence electrons. The summed E-state index contributed by atoms with van der Waals surface area (Å²) >= 11 is 0. The Kier molecular flexibility index (Phi) is 2.32. The van der Waals surface area contributed by atoms with Gasteiger partial charge in [0.15, 0.2) is 0 Å². The average Bonchev–Trinajstić information content (AvgIpc) is 2.23. The van der Waals surface area contributed by atoms with Gasteiger partial charge in [-0.15, -0.1) is 0 Å². The SMILES string of the molecule is COc1cccc2c1NCN(C)S2(=O)=O. The third-order valence-electron chi connectivity index (χ3n) is 2.37. The van der Waals surface area contributed by atoms with E-state index < -0.39 is 10.0 Å². The lowest BCUT2D eigenvalue weighted by atomic mass is 10.3. The molecule has 1 aromatic carbocycles. The Morgan fingerprint density at radius 2 is 2.20 bits per heavy atom. The van der Waals surface area contributed by atoms with Gasteiger partial charge in [0, 0.05) is 7.05 Å². The first-order valence-electron chi connectivity index (χ1n) is 4.44. The molecule has 0 saturated heterocycles. The zero-order valence-electron chi connectivity index (χ0n) is 8.52. The summed E-state index contributed by atoms with van der Waals surface area (Å²) in [7, 11) is -0.314. The van der Waals surface area contributed by atoms with Gasteiger partial charge in [-0.05, 0) is 12.1 Å². The van der Waals surface area contributed by atoms with Crippen molar-refractivity contribution in [1.29, 1.82) is 0 Å². The Hall–Kier alpha value is -1.27. The second-order valence-electron chi connectivity index (χ2n) is 3.27. The zero-order valence-corrected chi connectivity index (χ0v) is 9.34. The summed E-state index contributed by atoms with van der Waals surface area (Å²) in [6.45, 7) is 0.260. The van der Waals surface area contributed by atoms with Crippen LogP contribution in [0.15, 0.2) is 23.1 Å². The molecule has 0 fully saturated rings. The summed E-state index contributed by atoms with van der Waals surface area (Å²) < 4.78 is 30.2. The van der Waals surface area contributed by atoms with E-state index >= 15 is 0 Å². The number of anilines is 1. The number of methoxy groups -OCH3 is 1. The van der Waals surface area contributed by atoms with Crippen molar-refractivity contribution in [3.63, 3.8) is 0 Å². The van der Waals surface area contributed by atoms with E-state index in [2.05, 4.69) is 5.32 Å². The summed E-state index contributed by atoms with van der Waals surface area (Å²) in [6, 6.07) is 4.96. The zero-order chi connectivity index (χ0) is 11.1. The second-order valence-corrected chi connectivity index (χ2v) is 5.28. The van der Waals surface area contributed by atoms with Gasteiger partial charge in [-0.1, -0.05) is 6.07 Å². The molecule has 6 heteroatoms. The van der Waals surface area contributed by atoms with Crippen LogP contribution in [0.4, 0.5) is 5.69 Å². The van der Waals surface area contributed by atoms with Crippen molar-refractivity contribution in [2.24, 2.45) is 0 Å². The van der Waals surface area contributed by atoms with Gasteiger partial charge in [0.25, 0.3) is 0 Å². The molecule has 2 rings (SSSR count). The highest BCUT2D eigenvalue weighted by Gasteiger charge is 2.30. The van der Waals surface area contributed by atoms with Gasteiger partial charge in [0.1, 0.15) is 10.6 Å². The van der Waals surface area contributed by atoms with Crippen LogP contribution in [0, 0.1) is 0 Å². The van der Waals surface area contributed by atoms with Gasteiger partial charge in [-0.25, -0.2) is 8.42 Å². The van der Waals surface area contributed by atoms with Crippen LogP contribution in [-0.2, 0) is 10.0 Å². The van der Waals surface area contributed by atoms with Crippen molar-refractivity contribution in [2.45, 2.75) is 4.90 Å². The fourth-order valence-corrected chi connectivity index (χ4v) is 2.77. The highest BCUT2D eigenvalue weighted by Crippen LogP contribution is 2.35. The number of rotatable bonds is 1. The molecule has 1 aliphatic rings. The quantitative estimate of drug-likeness (QED) is 0.768. The lowest BCUT2D eigenvalue weighted by Crippen LogP contribution is -2.36. The molecular weight excluding hydrogens is 216 g/mol.